The first-order chi connectivity index (χ1) is 14.0. The van der Waals surface area contributed by atoms with Crippen molar-refractivity contribution in [1.29, 1.82) is 0 Å². The number of benzene rings is 2. The van der Waals surface area contributed by atoms with E-state index in [1.807, 2.05) is 0 Å². The summed E-state index contributed by atoms with van der Waals surface area (Å²) < 4.78 is 15.2. The molecule has 1 heterocycles. The van der Waals surface area contributed by atoms with E-state index < -0.39 is 37.0 Å². The summed E-state index contributed by atoms with van der Waals surface area (Å²) in [6.45, 7) is -0.965. The van der Waals surface area contributed by atoms with E-state index in [9.17, 15) is 19.2 Å². The molecule has 0 radical (unpaired) electrons. The number of imide groups is 1. The number of carbonyl (C=O) groups is 4. The molecular formula is C20H18N2O7. The lowest BCUT2D eigenvalue weighted by molar-refractivity contribution is -0.145. The maximum absolute atomic E-state index is 12.2. The molecule has 0 unspecified atom stereocenters. The molecule has 0 atom stereocenters. The molecule has 0 saturated heterocycles. The van der Waals surface area contributed by atoms with Crippen molar-refractivity contribution < 1.29 is 33.4 Å². The first-order valence-electron chi connectivity index (χ1n) is 8.57. The van der Waals surface area contributed by atoms with Crippen LogP contribution in [-0.2, 0) is 9.53 Å². The van der Waals surface area contributed by atoms with Crippen molar-refractivity contribution >= 4 is 23.7 Å². The molecule has 0 aromatic heterocycles. The lowest BCUT2D eigenvalue weighted by Gasteiger charge is -2.14. The van der Waals surface area contributed by atoms with Crippen LogP contribution in [0, 0.1) is 0 Å². The predicted molar refractivity (Wildman–Crippen MR) is 99.8 cm³/mol. The predicted octanol–water partition coefficient (Wildman–Crippen LogP) is 1.23. The first-order valence-corrected chi connectivity index (χ1v) is 8.57. The topological polar surface area (TPSA) is 111 Å². The Kier molecular flexibility index (Phi) is 5.77. The minimum atomic E-state index is -0.796. The van der Waals surface area contributed by atoms with E-state index in [1.54, 1.807) is 18.2 Å². The Morgan fingerprint density at radius 2 is 1.55 bits per heavy atom. The summed E-state index contributed by atoms with van der Waals surface area (Å²) in [5, 5.41) is 2.40. The Morgan fingerprint density at radius 1 is 0.931 bits per heavy atom. The van der Waals surface area contributed by atoms with Crippen LogP contribution in [0.3, 0.4) is 0 Å². The lowest BCUT2D eigenvalue weighted by Crippen LogP contribution is -2.36. The monoisotopic (exact) mass is 398 g/mol. The molecule has 1 aliphatic heterocycles. The highest BCUT2D eigenvalue weighted by Crippen LogP contribution is 2.27. The van der Waals surface area contributed by atoms with Gasteiger partial charge in [-0.3, -0.25) is 19.2 Å². The maximum Gasteiger partial charge on any atom is 0.327 e. The molecule has 1 aliphatic rings. The molecule has 0 bridgehead atoms. The van der Waals surface area contributed by atoms with Crippen LogP contribution in [0.4, 0.5) is 0 Å². The van der Waals surface area contributed by atoms with Gasteiger partial charge in [-0.15, -0.1) is 0 Å². The molecule has 150 valence electrons. The summed E-state index contributed by atoms with van der Waals surface area (Å²) >= 11 is 0. The summed E-state index contributed by atoms with van der Waals surface area (Å²) in [5.41, 5.74) is 0.779. The van der Waals surface area contributed by atoms with Crippen LogP contribution < -0.4 is 14.8 Å². The highest BCUT2D eigenvalue weighted by atomic mass is 16.5. The number of rotatable bonds is 7. The highest BCUT2D eigenvalue weighted by Gasteiger charge is 2.35. The fourth-order valence-electron chi connectivity index (χ4n) is 2.78. The van der Waals surface area contributed by atoms with E-state index in [0.717, 1.165) is 4.90 Å². The number of nitrogens with zero attached hydrogens (tertiary/aromatic N) is 1. The van der Waals surface area contributed by atoms with Gasteiger partial charge in [0.25, 0.3) is 17.7 Å². The normalized spacial score (nSPS) is 12.4. The molecule has 0 spiro atoms. The summed E-state index contributed by atoms with van der Waals surface area (Å²) in [4.78, 5) is 49.4. The molecule has 0 aliphatic carbocycles. The quantitative estimate of drug-likeness (QED) is 0.552. The van der Waals surface area contributed by atoms with E-state index in [4.69, 9.17) is 14.2 Å². The molecular weight excluding hydrogens is 380 g/mol. The zero-order chi connectivity index (χ0) is 21.0. The van der Waals surface area contributed by atoms with Gasteiger partial charge in [0.2, 0.25) is 0 Å². The largest absolute Gasteiger partial charge is 0.493 e. The number of hydrogen-bond acceptors (Lipinski definition) is 7. The highest BCUT2D eigenvalue weighted by molar-refractivity contribution is 6.21. The van der Waals surface area contributed by atoms with Gasteiger partial charge in [0.15, 0.2) is 18.2 Å². The second-order valence-electron chi connectivity index (χ2n) is 5.98. The van der Waals surface area contributed by atoms with Gasteiger partial charge >= 0.3 is 5.97 Å². The van der Waals surface area contributed by atoms with Crippen molar-refractivity contribution in [3.8, 4) is 11.5 Å². The number of esters is 1. The Labute approximate surface area is 166 Å². The molecule has 29 heavy (non-hydrogen) atoms. The van der Waals surface area contributed by atoms with Gasteiger partial charge < -0.3 is 19.5 Å². The lowest BCUT2D eigenvalue weighted by atomic mass is 10.1. The van der Waals surface area contributed by atoms with Crippen molar-refractivity contribution in [1.82, 2.24) is 10.2 Å². The molecule has 9 nitrogen and oxygen atoms in total. The van der Waals surface area contributed by atoms with E-state index in [1.165, 1.54) is 38.5 Å². The van der Waals surface area contributed by atoms with E-state index in [0.29, 0.717) is 11.5 Å². The van der Waals surface area contributed by atoms with Crippen molar-refractivity contribution in [2.45, 2.75) is 0 Å². The van der Waals surface area contributed by atoms with Crippen LogP contribution in [0.2, 0.25) is 0 Å². The second-order valence-corrected chi connectivity index (χ2v) is 5.98. The molecule has 3 amide bonds. The van der Waals surface area contributed by atoms with Gasteiger partial charge in [0.1, 0.15) is 6.54 Å². The Morgan fingerprint density at radius 3 is 2.14 bits per heavy atom. The minimum absolute atomic E-state index is 0.260. The van der Waals surface area contributed by atoms with Crippen LogP contribution >= 0.6 is 0 Å². The average Bonchev–Trinajstić information content (AvgIpc) is 3.00. The van der Waals surface area contributed by atoms with E-state index in [2.05, 4.69) is 5.32 Å². The second kappa shape index (κ2) is 8.42. The zero-order valence-corrected chi connectivity index (χ0v) is 15.8. The average molecular weight is 398 g/mol. The summed E-state index contributed by atoms with van der Waals surface area (Å²) in [7, 11) is 2.91. The number of ether oxygens (including phenoxy) is 3. The number of carbonyl (C=O) groups excluding carboxylic acids is 4. The van der Waals surface area contributed by atoms with Crippen molar-refractivity contribution in [2.75, 3.05) is 27.5 Å². The number of amides is 3. The standard InChI is InChI=1S/C20H18N2O7/c1-27-15-8-7-12(9-16(15)28-2)18(24)21-10-17(23)29-11-22-19(25)13-5-3-4-6-14(13)20(22)26/h3-9H,10-11H2,1-2H3,(H,21,24). The summed E-state index contributed by atoms with van der Waals surface area (Å²) in [6, 6.07) is 10.9. The third kappa shape index (κ3) is 4.03. The van der Waals surface area contributed by atoms with E-state index in [-0.39, 0.29) is 16.7 Å². The van der Waals surface area contributed by atoms with Gasteiger partial charge in [-0.1, -0.05) is 12.1 Å². The van der Waals surface area contributed by atoms with Crippen LogP contribution in [0.1, 0.15) is 31.1 Å². The smallest absolute Gasteiger partial charge is 0.327 e. The van der Waals surface area contributed by atoms with Gasteiger partial charge in [-0.25, -0.2) is 4.90 Å². The SMILES string of the molecule is COc1ccc(C(=O)NCC(=O)OCN2C(=O)c3ccccc3C2=O)cc1OC. The maximum atomic E-state index is 12.2. The number of hydrogen-bond donors (Lipinski definition) is 1. The van der Waals surface area contributed by atoms with Crippen LogP contribution in [-0.4, -0.2) is 56.1 Å². The van der Waals surface area contributed by atoms with Crippen LogP contribution in [0.25, 0.3) is 0 Å². The Hall–Kier alpha value is -3.88. The van der Waals surface area contributed by atoms with Crippen molar-refractivity contribution in [2.24, 2.45) is 0 Å². The Bertz CT molecular complexity index is 952. The molecule has 2 aromatic carbocycles. The van der Waals surface area contributed by atoms with Gasteiger partial charge in [-0.2, -0.15) is 0 Å². The third-order valence-electron chi connectivity index (χ3n) is 4.27. The molecule has 2 aromatic rings. The number of fused-ring (bicyclic) bond motifs is 1. The van der Waals surface area contributed by atoms with Crippen LogP contribution in [0.5, 0.6) is 11.5 Å². The van der Waals surface area contributed by atoms with Gasteiger partial charge in [-0.05, 0) is 30.3 Å². The fourth-order valence-corrected chi connectivity index (χ4v) is 2.78. The van der Waals surface area contributed by atoms with E-state index >= 15 is 0 Å². The van der Waals surface area contributed by atoms with Crippen molar-refractivity contribution in [3.63, 3.8) is 0 Å². The molecule has 0 saturated carbocycles. The summed E-state index contributed by atoms with van der Waals surface area (Å²) in [5.74, 6) is -1.56. The fraction of sp³-hybridized carbons (Fsp3) is 0.200. The molecule has 1 N–H and O–H groups in total. The number of nitrogens with one attached hydrogen (secondary N) is 1. The minimum Gasteiger partial charge on any atom is -0.493 e. The van der Waals surface area contributed by atoms with Gasteiger partial charge in [0, 0.05) is 5.56 Å². The Balaban J connectivity index is 1.53. The molecule has 0 fully saturated rings. The third-order valence-corrected chi connectivity index (χ3v) is 4.27. The number of methoxy groups -OCH3 is 2. The zero-order valence-electron chi connectivity index (χ0n) is 15.8. The first kappa shape index (κ1) is 19.9. The van der Waals surface area contributed by atoms with Gasteiger partial charge in [0.05, 0.1) is 25.3 Å². The van der Waals surface area contributed by atoms with Crippen molar-refractivity contribution in [3.05, 3.63) is 59.2 Å². The molecule has 9 heteroatoms. The molecule has 3 rings (SSSR count). The summed E-state index contributed by atoms with van der Waals surface area (Å²) in [6.07, 6.45) is 0. The van der Waals surface area contributed by atoms with Crippen LogP contribution in [0.15, 0.2) is 42.5 Å².